The smallest absolute Gasteiger partial charge is 0.406 e. The molecule has 11 heteroatoms. The number of aromatic nitrogens is 2. The minimum atomic E-state index is -4.61. The predicted octanol–water partition coefficient (Wildman–Crippen LogP) is 3.91. The van der Waals surface area contributed by atoms with E-state index in [1.54, 1.807) is 6.07 Å². The van der Waals surface area contributed by atoms with Gasteiger partial charge in [-0.05, 0) is 46.0 Å². The average molecular weight is 469 g/mol. The first-order chi connectivity index (χ1) is 12.6. The summed E-state index contributed by atoms with van der Waals surface area (Å²) in [6.07, 6.45) is -4.66. The van der Waals surface area contributed by atoms with Crippen LogP contribution in [0.3, 0.4) is 0 Å². The highest BCUT2D eigenvalue weighted by Crippen LogP contribution is 2.37. The zero-order chi connectivity index (χ0) is 19.9. The summed E-state index contributed by atoms with van der Waals surface area (Å²) < 4.78 is 39.8. The first-order valence-electron chi connectivity index (χ1n) is 7.98. The van der Waals surface area contributed by atoms with Crippen LogP contribution in [0.4, 0.5) is 13.2 Å². The van der Waals surface area contributed by atoms with E-state index in [0.29, 0.717) is 37.8 Å². The normalized spacial score (nSPS) is 18.3. The molecule has 3 rings (SSSR count). The number of carboxylic acids is 1. The Kier molecular flexibility index (Phi) is 5.40. The van der Waals surface area contributed by atoms with Gasteiger partial charge in [-0.1, -0.05) is 11.6 Å². The van der Waals surface area contributed by atoms with E-state index >= 15 is 0 Å². The standard InChI is InChI=1S/C16H14BrClF3N3O3/c17-10-3-7-1-2-8(4-11(25)26)15(27)24(6-16(19,20)21)5-9(7)12-13(10)22-23-14(12)18/h3,8H,1-2,4-6H2,(H,22,23)(H,25,26)/t8-/m0/s1. The number of rotatable bonds is 3. The van der Waals surface area contributed by atoms with Crippen molar-refractivity contribution in [1.29, 1.82) is 0 Å². The molecular formula is C16H14BrClF3N3O3. The number of alkyl halides is 3. The molecule has 1 amide bonds. The Morgan fingerprint density at radius 3 is 2.81 bits per heavy atom. The van der Waals surface area contributed by atoms with Gasteiger partial charge in [0.15, 0.2) is 0 Å². The van der Waals surface area contributed by atoms with Gasteiger partial charge in [0.1, 0.15) is 17.2 Å². The molecule has 0 saturated carbocycles. The van der Waals surface area contributed by atoms with Crippen LogP contribution in [-0.4, -0.2) is 44.8 Å². The van der Waals surface area contributed by atoms with Crippen LogP contribution in [0.25, 0.3) is 10.9 Å². The van der Waals surface area contributed by atoms with Crippen molar-refractivity contribution in [2.24, 2.45) is 5.92 Å². The Balaban J connectivity index is 2.12. The van der Waals surface area contributed by atoms with E-state index in [9.17, 15) is 22.8 Å². The summed E-state index contributed by atoms with van der Waals surface area (Å²) in [7, 11) is 0. The first-order valence-corrected chi connectivity index (χ1v) is 9.15. The second-order valence-corrected chi connectivity index (χ2v) is 7.63. The number of benzene rings is 1. The largest absolute Gasteiger partial charge is 0.481 e. The van der Waals surface area contributed by atoms with E-state index in [0.717, 1.165) is 0 Å². The van der Waals surface area contributed by atoms with Crippen LogP contribution in [0.1, 0.15) is 24.0 Å². The van der Waals surface area contributed by atoms with Gasteiger partial charge in [-0.15, -0.1) is 0 Å². The molecule has 0 fully saturated rings. The Morgan fingerprint density at radius 1 is 1.48 bits per heavy atom. The second-order valence-electron chi connectivity index (χ2n) is 6.40. The lowest BCUT2D eigenvalue weighted by atomic mass is 9.89. The number of carboxylic acid groups (broad SMARTS) is 1. The summed E-state index contributed by atoms with van der Waals surface area (Å²) in [4.78, 5) is 24.4. The van der Waals surface area contributed by atoms with E-state index in [-0.39, 0.29) is 18.1 Å². The Hall–Kier alpha value is -1.81. The molecule has 2 aromatic rings. The number of nitrogens with one attached hydrogen (secondary N) is 1. The number of amides is 1. The molecule has 1 aliphatic heterocycles. The summed E-state index contributed by atoms with van der Waals surface area (Å²) in [5, 5.41) is 16.3. The number of halogens is 5. The molecule has 0 unspecified atom stereocenters. The minimum Gasteiger partial charge on any atom is -0.481 e. The molecule has 0 spiro atoms. The van der Waals surface area contributed by atoms with Gasteiger partial charge in [-0.3, -0.25) is 14.7 Å². The Morgan fingerprint density at radius 2 is 2.19 bits per heavy atom. The van der Waals surface area contributed by atoms with E-state index in [2.05, 4.69) is 26.1 Å². The summed E-state index contributed by atoms with van der Waals surface area (Å²) in [6.45, 7) is -1.79. The Labute approximate surface area is 164 Å². The van der Waals surface area contributed by atoms with Gasteiger partial charge in [0.2, 0.25) is 5.91 Å². The number of carbonyl (C=O) groups excluding carboxylic acids is 1. The minimum absolute atomic E-state index is 0.125. The number of carbonyl (C=O) groups is 2. The third kappa shape index (κ3) is 4.21. The summed E-state index contributed by atoms with van der Waals surface area (Å²) >= 11 is 9.52. The molecule has 1 aromatic heterocycles. The molecule has 1 aromatic carbocycles. The van der Waals surface area contributed by atoms with Crippen molar-refractivity contribution >= 4 is 50.3 Å². The van der Waals surface area contributed by atoms with E-state index in [1.807, 2.05) is 0 Å². The van der Waals surface area contributed by atoms with Crippen molar-refractivity contribution in [1.82, 2.24) is 15.1 Å². The maximum Gasteiger partial charge on any atom is 0.406 e. The molecule has 2 N–H and O–H groups in total. The number of fused-ring (bicyclic) bond motifs is 3. The highest BCUT2D eigenvalue weighted by molar-refractivity contribution is 9.10. The third-order valence-electron chi connectivity index (χ3n) is 4.50. The highest BCUT2D eigenvalue weighted by atomic mass is 79.9. The average Bonchev–Trinajstić information content (AvgIpc) is 2.93. The molecule has 27 heavy (non-hydrogen) atoms. The lowest BCUT2D eigenvalue weighted by Crippen LogP contribution is -2.43. The summed E-state index contributed by atoms with van der Waals surface area (Å²) in [5.74, 6) is -3.07. The molecule has 0 saturated heterocycles. The van der Waals surface area contributed by atoms with Crippen LogP contribution in [0.15, 0.2) is 10.5 Å². The van der Waals surface area contributed by atoms with Crippen molar-refractivity contribution in [3.8, 4) is 0 Å². The second kappa shape index (κ2) is 7.31. The molecule has 6 nitrogen and oxygen atoms in total. The van der Waals surface area contributed by atoms with Gasteiger partial charge in [-0.25, -0.2) is 0 Å². The number of hydrogen-bond donors (Lipinski definition) is 2. The van der Waals surface area contributed by atoms with Gasteiger partial charge in [-0.2, -0.15) is 18.3 Å². The molecule has 2 heterocycles. The zero-order valence-corrected chi connectivity index (χ0v) is 16.1. The molecule has 0 aliphatic carbocycles. The third-order valence-corrected chi connectivity index (χ3v) is 5.38. The fourth-order valence-corrected chi connectivity index (χ4v) is 4.18. The SMILES string of the molecule is O=C(O)C[C@@H]1CCc2cc(Br)c3n[nH]c(Cl)c3c2CN(CC(F)(F)F)C1=O. The summed E-state index contributed by atoms with van der Waals surface area (Å²) in [5.41, 5.74) is 1.65. The fraction of sp³-hybridized carbons (Fsp3) is 0.438. The van der Waals surface area contributed by atoms with Gasteiger partial charge in [0.25, 0.3) is 0 Å². The molecule has 0 radical (unpaired) electrons. The number of aromatic amines is 1. The number of nitrogens with zero attached hydrogens (tertiary/aromatic N) is 2. The van der Waals surface area contributed by atoms with Crippen LogP contribution in [-0.2, 0) is 22.6 Å². The quantitative estimate of drug-likeness (QED) is 0.715. The topological polar surface area (TPSA) is 86.3 Å². The molecular weight excluding hydrogens is 455 g/mol. The van der Waals surface area contributed by atoms with Crippen LogP contribution in [0.2, 0.25) is 5.15 Å². The fourth-order valence-electron chi connectivity index (χ4n) is 3.37. The van der Waals surface area contributed by atoms with Crippen molar-refractivity contribution < 1.29 is 27.9 Å². The number of aliphatic carboxylic acids is 1. The van der Waals surface area contributed by atoms with E-state index in [4.69, 9.17) is 16.7 Å². The van der Waals surface area contributed by atoms with Gasteiger partial charge in [0, 0.05) is 22.3 Å². The molecule has 0 bridgehead atoms. The maximum atomic E-state index is 13.0. The van der Waals surface area contributed by atoms with Gasteiger partial charge in [0.05, 0.1) is 6.42 Å². The first kappa shape index (κ1) is 19.9. The van der Waals surface area contributed by atoms with Gasteiger partial charge >= 0.3 is 12.1 Å². The highest BCUT2D eigenvalue weighted by Gasteiger charge is 2.38. The lowest BCUT2D eigenvalue weighted by molar-refractivity contribution is -0.166. The molecule has 1 atom stereocenters. The van der Waals surface area contributed by atoms with E-state index < -0.39 is 36.9 Å². The number of aryl methyl sites for hydroxylation is 1. The van der Waals surface area contributed by atoms with Crippen molar-refractivity contribution in [3.63, 3.8) is 0 Å². The van der Waals surface area contributed by atoms with Gasteiger partial charge < -0.3 is 10.0 Å². The zero-order valence-electron chi connectivity index (χ0n) is 13.7. The number of hydrogen-bond acceptors (Lipinski definition) is 3. The lowest BCUT2D eigenvalue weighted by Gasteiger charge is -2.31. The maximum absolute atomic E-state index is 13.0. The molecule has 1 aliphatic rings. The predicted molar refractivity (Wildman–Crippen MR) is 94.3 cm³/mol. The van der Waals surface area contributed by atoms with Crippen LogP contribution < -0.4 is 0 Å². The van der Waals surface area contributed by atoms with Crippen LogP contribution >= 0.6 is 27.5 Å². The Bertz CT molecular complexity index is 916. The summed E-state index contributed by atoms with van der Waals surface area (Å²) in [6, 6.07) is 1.73. The van der Waals surface area contributed by atoms with Crippen LogP contribution in [0.5, 0.6) is 0 Å². The van der Waals surface area contributed by atoms with Crippen molar-refractivity contribution in [2.45, 2.75) is 32.0 Å². The van der Waals surface area contributed by atoms with Crippen molar-refractivity contribution in [3.05, 3.63) is 26.8 Å². The van der Waals surface area contributed by atoms with E-state index in [1.165, 1.54) is 0 Å². The van der Waals surface area contributed by atoms with Crippen molar-refractivity contribution in [2.75, 3.05) is 6.54 Å². The molecule has 146 valence electrons. The number of H-pyrrole nitrogens is 1. The monoisotopic (exact) mass is 467 g/mol. The van der Waals surface area contributed by atoms with Crippen LogP contribution in [0, 0.1) is 5.92 Å².